The minimum atomic E-state index is -0.219. The van der Waals surface area contributed by atoms with Gasteiger partial charge in [0.2, 0.25) is 11.8 Å². The summed E-state index contributed by atoms with van der Waals surface area (Å²) >= 11 is 9.75. The molecule has 2 saturated heterocycles. The molecule has 0 aliphatic carbocycles. The summed E-state index contributed by atoms with van der Waals surface area (Å²) < 4.78 is 14.9. The van der Waals surface area contributed by atoms with Gasteiger partial charge in [0.1, 0.15) is 20.7 Å². The highest BCUT2D eigenvalue weighted by Gasteiger charge is 2.21. The first-order valence-electron chi connectivity index (χ1n) is 15.0. The highest BCUT2D eigenvalue weighted by atomic mass is 79.9. The number of benzene rings is 2. The summed E-state index contributed by atoms with van der Waals surface area (Å²) in [5.74, 6) is 1.84. The third-order valence-corrected chi connectivity index (χ3v) is 8.38. The van der Waals surface area contributed by atoms with E-state index in [1.807, 2.05) is 48.5 Å². The fourth-order valence-corrected chi connectivity index (χ4v) is 6.14. The predicted molar refractivity (Wildman–Crippen MR) is 195 cm³/mol. The fraction of sp³-hybridized carbons (Fsp3) is 0.312. The molecule has 0 bridgehead atoms. The Hall–Kier alpha value is -4.06. The lowest BCUT2D eigenvalue weighted by Crippen LogP contribution is -2.50. The van der Waals surface area contributed by atoms with E-state index in [1.165, 1.54) is 0 Å². The van der Waals surface area contributed by atoms with E-state index in [9.17, 15) is 19.2 Å². The quantitative estimate of drug-likeness (QED) is 0.252. The van der Waals surface area contributed by atoms with Gasteiger partial charge in [-0.25, -0.2) is 9.97 Å². The Morgan fingerprint density at radius 2 is 1.22 bits per heavy atom. The van der Waals surface area contributed by atoms with Crippen molar-refractivity contribution in [1.29, 1.82) is 0 Å². The molecule has 260 valence electrons. The standard InChI is InChI=1S/C16H17BrN4O3.C12H10Br2N2O2.C4H8N2O/c1-24-12-4-2-11(3-5-12)8-21-9-13(17)19-15(16(21)23)20-7-6-18-14(22)10-20;1-18-9-4-2-8(3-5-9)6-16-7-10(13)15-11(14)12(16)17;7-4-3-5-1-2-6-4/h2-5,9H,6-8,10H2,1H3,(H,18,22);2-5,7H,6H2,1H3;5H,1-3H2,(H,6,7). The highest BCUT2D eigenvalue weighted by Crippen LogP contribution is 2.16. The smallest absolute Gasteiger partial charge is 0.293 e. The maximum Gasteiger partial charge on any atom is 0.293 e. The number of carbonyl (C=O) groups is 2. The molecule has 0 spiro atoms. The molecule has 2 aliphatic rings. The number of nitrogens with one attached hydrogen (secondary N) is 3. The highest BCUT2D eigenvalue weighted by molar-refractivity contribution is 9.11. The topological polar surface area (TPSA) is 162 Å². The number of nitrogens with zero attached hydrogens (tertiary/aromatic N) is 5. The van der Waals surface area contributed by atoms with Crippen LogP contribution in [-0.4, -0.2) is 84.4 Å². The Kier molecular flexibility index (Phi) is 14.4. The number of amides is 2. The molecule has 4 heterocycles. The second kappa shape index (κ2) is 18.6. The zero-order valence-corrected chi connectivity index (χ0v) is 31.5. The van der Waals surface area contributed by atoms with Gasteiger partial charge in [-0.1, -0.05) is 24.3 Å². The molecular weight excluding hydrogens is 832 g/mol. The van der Waals surface area contributed by atoms with Crippen molar-refractivity contribution in [3.63, 3.8) is 0 Å². The van der Waals surface area contributed by atoms with Crippen LogP contribution >= 0.6 is 47.8 Å². The van der Waals surface area contributed by atoms with Crippen LogP contribution in [0.15, 0.2) is 84.3 Å². The lowest BCUT2D eigenvalue weighted by Gasteiger charge is -2.27. The number of methoxy groups -OCH3 is 2. The summed E-state index contributed by atoms with van der Waals surface area (Å²) in [6.07, 6.45) is 3.32. The first-order valence-corrected chi connectivity index (χ1v) is 17.4. The van der Waals surface area contributed by atoms with E-state index in [4.69, 9.17) is 9.47 Å². The van der Waals surface area contributed by atoms with Crippen LogP contribution in [0.4, 0.5) is 5.82 Å². The molecule has 17 heteroatoms. The van der Waals surface area contributed by atoms with E-state index in [-0.39, 0.29) is 35.3 Å². The molecule has 0 atom stereocenters. The van der Waals surface area contributed by atoms with Gasteiger partial charge in [0.15, 0.2) is 10.4 Å². The van der Waals surface area contributed by atoms with Gasteiger partial charge in [0.05, 0.1) is 40.4 Å². The van der Waals surface area contributed by atoms with Crippen molar-refractivity contribution in [3.8, 4) is 11.5 Å². The van der Waals surface area contributed by atoms with Crippen molar-refractivity contribution in [2.45, 2.75) is 13.1 Å². The number of aromatic nitrogens is 4. The maximum absolute atomic E-state index is 12.7. The average molecular weight is 867 g/mol. The lowest BCUT2D eigenvalue weighted by molar-refractivity contribution is -0.121. The molecular formula is C32H35Br3N8O6. The van der Waals surface area contributed by atoms with Gasteiger partial charge in [-0.3, -0.25) is 19.2 Å². The van der Waals surface area contributed by atoms with E-state index in [0.29, 0.717) is 46.5 Å². The first kappa shape index (κ1) is 37.8. The van der Waals surface area contributed by atoms with E-state index in [1.54, 1.807) is 40.6 Å². The Balaban J connectivity index is 0.000000189. The molecule has 0 radical (unpaired) electrons. The number of carbonyl (C=O) groups excluding carboxylic acids is 2. The predicted octanol–water partition coefficient (Wildman–Crippen LogP) is 2.53. The van der Waals surface area contributed by atoms with Gasteiger partial charge in [-0.05, 0) is 83.2 Å². The molecule has 2 fully saturated rings. The Morgan fingerprint density at radius 1 is 0.694 bits per heavy atom. The van der Waals surface area contributed by atoms with E-state index >= 15 is 0 Å². The largest absolute Gasteiger partial charge is 0.497 e. The second-order valence-corrected chi connectivity index (χ2v) is 13.0. The molecule has 6 rings (SSSR count). The molecule has 14 nitrogen and oxygen atoms in total. The molecule has 2 amide bonds. The minimum absolute atomic E-state index is 0.103. The van der Waals surface area contributed by atoms with Gasteiger partial charge in [0, 0.05) is 38.6 Å². The second-order valence-electron chi connectivity index (χ2n) is 10.6. The zero-order chi connectivity index (χ0) is 35.3. The van der Waals surface area contributed by atoms with E-state index in [2.05, 4.69) is 73.7 Å². The number of piperazine rings is 2. The fourth-order valence-electron chi connectivity index (χ4n) is 4.64. The van der Waals surface area contributed by atoms with Crippen LogP contribution < -0.4 is 41.4 Å². The maximum atomic E-state index is 12.7. The summed E-state index contributed by atoms with van der Waals surface area (Å²) in [4.78, 5) is 56.4. The van der Waals surface area contributed by atoms with Crippen LogP contribution in [0.3, 0.4) is 0 Å². The summed E-state index contributed by atoms with van der Waals surface area (Å²) in [6.45, 7) is 4.28. The number of hydrogen-bond donors (Lipinski definition) is 3. The van der Waals surface area contributed by atoms with Crippen molar-refractivity contribution in [3.05, 3.63) is 107 Å². The number of ether oxygens (including phenoxy) is 2. The van der Waals surface area contributed by atoms with E-state index in [0.717, 1.165) is 35.7 Å². The summed E-state index contributed by atoms with van der Waals surface area (Å²) in [6, 6.07) is 15.1. The molecule has 49 heavy (non-hydrogen) atoms. The van der Waals surface area contributed by atoms with Crippen molar-refractivity contribution >= 4 is 65.4 Å². The van der Waals surface area contributed by atoms with Crippen LogP contribution in [0.25, 0.3) is 0 Å². The van der Waals surface area contributed by atoms with Gasteiger partial charge in [-0.15, -0.1) is 0 Å². The van der Waals surface area contributed by atoms with Crippen LogP contribution in [0.1, 0.15) is 11.1 Å². The normalized spacial score (nSPS) is 13.9. The Labute approximate surface area is 307 Å². The molecule has 2 aromatic carbocycles. The van der Waals surface area contributed by atoms with Gasteiger partial charge in [-0.2, -0.15) is 0 Å². The van der Waals surface area contributed by atoms with Crippen LogP contribution in [0, 0.1) is 0 Å². The monoisotopic (exact) mass is 864 g/mol. The number of rotatable bonds is 7. The number of hydrogen-bond acceptors (Lipinski definition) is 10. The summed E-state index contributed by atoms with van der Waals surface area (Å²) in [5, 5.41) is 8.34. The van der Waals surface area contributed by atoms with Crippen LogP contribution in [0.5, 0.6) is 11.5 Å². The van der Waals surface area contributed by atoms with Crippen molar-refractivity contribution in [2.24, 2.45) is 0 Å². The number of halogens is 3. The molecule has 0 unspecified atom stereocenters. The first-order chi connectivity index (χ1) is 23.6. The molecule has 4 aromatic rings. The van der Waals surface area contributed by atoms with E-state index < -0.39 is 0 Å². The minimum Gasteiger partial charge on any atom is -0.497 e. The van der Waals surface area contributed by atoms with Crippen molar-refractivity contribution < 1.29 is 19.1 Å². The van der Waals surface area contributed by atoms with Gasteiger partial charge < -0.3 is 39.5 Å². The molecule has 0 saturated carbocycles. The van der Waals surface area contributed by atoms with Gasteiger partial charge >= 0.3 is 0 Å². The van der Waals surface area contributed by atoms with Crippen LogP contribution in [0.2, 0.25) is 0 Å². The lowest BCUT2D eigenvalue weighted by atomic mass is 10.2. The summed E-state index contributed by atoms with van der Waals surface area (Å²) in [7, 11) is 3.23. The molecule has 3 N–H and O–H groups in total. The zero-order valence-electron chi connectivity index (χ0n) is 26.7. The van der Waals surface area contributed by atoms with Crippen molar-refractivity contribution in [1.82, 2.24) is 35.1 Å². The average Bonchev–Trinajstić information content (AvgIpc) is 3.10. The molecule has 2 aliphatic heterocycles. The Bertz CT molecular complexity index is 1840. The molecule has 2 aromatic heterocycles. The summed E-state index contributed by atoms with van der Waals surface area (Å²) in [5.41, 5.74) is 1.61. The van der Waals surface area contributed by atoms with Gasteiger partial charge in [0.25, 0.3) is 11.1 Å². The van der Waals surface area contributed by atoms with Crippen LogP contribution in [-0.2, 0) is 22.7 Å². The number of anilines is 1. The SMILES string of the molecule is COc1ccc(Cn2cc(Br)nc(Br)c2=O)cc1.COc1ccc(Cn2cc(Br)nc(N3CCNC(=O)C3)c2=O)cc1.O=C1CNCCN1. The third kappa shape index (κ3) is 11.5. The Morgan fingerprint density at radius 3 is 1.69 bits per heavy atom. The third-order valence-electron chi connectivity index (χ3n) is 7.10. The van der Waals surface area contributed by atoms with Crippen molar-refractivity contribution in [2.75, 3.05) is 58.4 Å².